The molecule has 0 saturated carbocycles. The first kappa shape index (κ1) is 13.5. The Morgan fingerprint density at radius 2 is 2.35 bits per heavy atom. The lowest BCUT2D eigenvalue weighted by molar-refractivity contribution is -0.137. The van der Waals surface area contributed by atoms with Crippen molar-refractivity contribution in [3.63, 3.8) is 0 Å². The van der Waals surface area contributed by atoms with Crippen molar-refractivity contribution in [1.29, 1.82) is 0 Å². The van der Waals surface area contributed by atoms with Crippen LogP contribution in [0.3, 0.4) is 0 Å². The van der Waals surface area contributed by atoms with Crippen molar-refractivity contribution in [2.75, 3.05) is 13.2 Å². The molecule has 1 rings (SSSR count). The minimum atomic E-state index is -0.374. The van der Waals surface area contributed by atoms with Crippen molar-refractivity contribution in [3.8, 4) is 5.75 Å². The van der Waals surface area contributed by atoms with Gasteiger partial charge in [0.15, 0.2) is 0 Å². The molecule has 1 aromatic heterocycles. The van der Waals surface area contributed by atoms with Gasteiger partial charge in [0, 0.05) is 23.9 Å². The van der Waals surface area contributed by atoms with Gasteiger partial charge in [0.2, 0.25) is 0 Å². The number of aromatic nitrogens is 1. The van der Waals surface area contributed by atoms with Gasteiger partial charge in [-0.2, -0.15) is 0 Å². The van der Waals surface area contributed by atoms with Crippen LogP contribution < -0.4 is 4.74 Å². The van der Waals surface area contributed by atoms with E-state index in [0.29, 0.717) is 17.5 Å². The highest BCUT2D eigenvalue weighted by Gasteiger charge is 2.00. The third kappa shape index (κ3) is 4.87. The van der Waals surface area contributed by atoms with Gasteiger partial charge in [-0.25, -0.2) is 9.78 Å². The Morgan fingerprint density at radius 1 is 1.59 bits per heavy atom. The standard InChI is InChI=1S/C12H14ClNO3/c1-3-16-12(15)5-4-6-17-10-7-11(13)14-8-9(10)2/h4-5,7-8H,3,6H2,1-2H3/b5-4+. The first-order valence-electron chi connectivity index (χ1n) is 5.21. The van der Waals surface area contributed by atoms with Crippen LogP contribution in [0.2, 0.25) is 5.15 Å². The maximum Gasteiger partial charge on any atom is 0.330 e. The predicted molar refractivity (Wildman–Crippen MR) is 65.3 cm³/mol. The Kier molecular flexibility index (Phi) is 5.49. The number of rotatable bonds is 5. The molecule has 0 fully saturated rings. The van der Waals surface area contributed by atoms with Crippen LogP contribution in [0.15, 0.2) is 24.4 Å². The van der Waals surface area contributed by atoms with Crippen LogP contribution >= 0.6 is 11.6 Å². The Hall–Kier alpha value is -1.55. The molecular weight excluding hydrogens is 242 g/mol. The highest BCUT2D eigenvalue weighted by atomic mass is 35.5. The number of ether oxygens (including phenoxy) is 2. The molecule has 0 aliphatic rings. The first-order valence-corrected chi connectivity index (χ1v) is 5.59. The van der Waals surface area contributed by atoms with Crippen molar-refractivity contribution in [1.82, 2.24) is 4.98 Å². The maximum absolute atomic E-state index is 11.0. The van der Waals surface area contributed by atoms with E-state index in [0.717, 1.165) is 5.56 Å². The summed E-state index contributed by atoms with van der Waals surface area (Å²) in [5.41, 5.74) is 0.888. The highest BCUT2D eigenvalue weighted by molar-refractivity contribution is 6.29. The van der Waals surface area contributed by atoms with Crippen molar-refractivity contribution < 1.29 is 14.3 Å². The van der Waals surface area contributed by atoms with Gasteiger partial charge in [-0.1, -0.05) is 11.6 Å². The average Bonchev–Trinajstić information content (AvgIpc) is 2.29. The molecule has 0 radical (unpaired) electrons. The molecule has 0 aliphatic carbocycles. The lowest BCUT2D eigenvalue weighted by Crippen LogP contribution is -2.01. The quantitative estimate of drug-likeness (QED) is 0.461. The zero-order valence-electron chi connectivity index (χ0n) is 9.77. The van der Waals surface area contributed by atoms with Crippen molar-refractivity contribution >= 4 is 17.6 Å². The predicted octanol–water partition coefficient (Wildman–Crippen LogP) is 2.54. The number of hydrogen-bond acceptors (Lipinski definition) is 4. The molecule has 0 aromatic carbocycles. The van der Waals surface area contributed by atoms with Crippen LogP contribution in [0.1, 0.15) is 12.5 Å². The first-order chi connectivity index (χ1) is 8.13. The topological polar surface area (TPSA) is 48.4 Å². The number of carbonyl (C=O) groups is 1. The molecule has 1 heterocycles. The summed E-state index contributed by atoms with van der Waals surface area (Å²) in [6.07, 6.45) is 4.56. The molecule has 0 N–H and O–H groups in total. The number of pyridine rings is 1. The summed E-state index contributed by atoms with van der Waals surface area (Å²) in [7, 11) is 0. The fourth-order valence-corrected chi connectivity index (χ4v) is 1.26. The van der Waals surface area contributed by atoms with E-state index < -0.39 is 0 Å². The van der Waals surface area contributed by atoms with E-state index in [4.69, 9.17) is 21.1 Å². The van der Waals surface area contributed by atoms with Gasteiger partial charge in [-0.15, -0.1) is 0 Å². The normalized spacial score (nSPS) is 10.5. The molecule has 4 nitrogen and oxygen atoms in total. The summed E-state index contributed by atoms with van der Waals surface area (Å²) in [5, 5.41) is 0.375. The van der Waals surface area contributed by atoms with Gasteiger partial charge in [0.25, 0.3) is 0 Å². The van der Waals surface area contributed by atoms with Crippen LogP contribution in [0.25, 0.3) is 0 Å². The lowest BCUT2D eigenvalue weighted by atomic mass is 10.3. The second-order valence-corrected chi connectivity index (χ2v) is 3.63. The van der Waals surface area contributed by atoms with Crippen LogP contribution in [0, 0.1) is 6.92 Å². The molecule has 0 unspecified atom stereocenters. The molecule has 92 valence electrons. The van der Waals surface area contributed by atoms with E-state index in [9.17, 15) is 4.79 Å². The summed E-state index contributed by atoms with van der Waals surface area (Å²) in [5.74, 6) is 0.277. The van der Waals surface area contributed by atoms with E-state index in [1.54, 1.807) is 25.3 Å². The summed E-state index contributed by atoms with van der Waals surface area (Å²) in [6, 6.07) is 1.63. The Labute approximate surface area is 105 Å². The number of halogens is 1. The largest absolute Gasteiger partial charge is 0.489 e. The monoisotopic (exact) mass is 255 g/mol. The number of aryl methyl sites for hydroxylation is 1. The van der Waals surface area contributed by atoms with Gasteiger partial charge in [0.1, 0.15) is 17.5 Å². The van der Waals surface area contributed by atoms with E-state index in [1.807, 2.05) is 6.92 Å². The van der Waals surface area contributed by atoms with Crippen molar-refractivity contribution in [2.45, 2.75) is 13.8 Å². The second kappa shape index (κ2) is 6.91. The fraction of sp³-hybridized carbons (Fsp3) is 0.333. The number of hydrogen-bond donors (Lipinski definition) is 0. The second-order valence-electron chi connectivity index (χ2n) is 3.24. The van der Waals surface area contributed by atoms with Crippen LogP contribution in [0.4, 0.5) is 0 Å². The Balaban J connectivity index is 2.45. The lowest BCUT2D eigenvalue weighted by Gasteiger charge is -2.06. The molecule has 5 heteroatoms. The van der Waals surface area contributed by atoms with Gasteiger partial charge in [-0.05, 0) is 19.9 Å². The Bertz CT molecular complexity index is 418. The van der Waals surface area contributed by atoms with Crippen molar-refractivity contribution in [3.05, 3.63) is 35.1 Å². The Morgan fingerprint density at radius 3 is 3.06 bits per heavy atom. The smallest absolute Gasteiger partial charge is 0.330 e. The van der Waals surface area contributed by atoms with E-state index in [-0.39, 0.29) is 12.6 Å². The fourth-order valence-electron chi connectivity index (χ4n) is 1.11. The minimum Gasteiger partial charge on any atom is -0.489 e. The average molecular weight is 256 g/mol. The SMILES string of the molecule is CCOC(=O)/C=C/COc1cc(Cl)ncc1C. The molecule has 0 saturated heterocycles. The zero-order chi connectivity index (χ0) is 12.7. The minimum absolute atomic E-state index is 0.278. The summed E-state index contributed by atoms with van der Waals surface area (Å²) in [6.45, 7) is 4.27. The summed E-state index contributed by atoms with van der Waals surface area (Å²) in [4.78, 5) is 14.9. The molecule has 17 heavy (non-hydrogen) atoms. The van der Waals surface area contributed by atoms with Crippen molar-refractivity contribution in [2.24, 2.45) is 0 Å². The van der Waals surface area contributed by atoms with Gasteiger partial charge < -0.3 is 9.47 Å². The van der Waals surface area contributed by atoms with E-state index in [2.05, 4.69) is 4.98 Å². The third-order valence-electron chi connectivity index (χ3n) is 1.90. The number of carbonyl (C=O) groups excluding carboxylic acids is 1. The molecular formula is C12H14ClNO3. The van der Waals surface area contributed by atoms with Gasteiger partial charge >= 0.3 is 5.97 Å². The van der Waals surface area contributed by atoms with Crippen LogP contribution in [-0.2, 0) is 9.53 Å². The number of esters is 1. The molecule has 0 atom stereocenters. The van der Waals surface area contributed by atoms with Gasteiger partial charge in [0.05, 0.1) is 6.61 Å². The summed E-state index contributed by atoms with van der Waals surface area (Å²) >= 11 is 5.74. The van der Waals surface area contributed by atoms with Gasteiger partial charge in [-0.3, -0.25) is 0 Å². The molecule has 0 spiro atoms. The molecule has 1 aromatic rings. The zero-order valence-corrected chi connectivity index (χ0v) is 10.5. The molecule has 0 bridgehead atoms. The highest BCUT2D eigenvalue weighted by Crippen LogP contribution is 2.19. The van der Waals surface area contributed by atoms with E-state index >= 15 is 0 Å². The third-order valence-corrected chi connectivity index (χ3v) is 2.10. The van der Waals surface area contributed by atoms with Crippen LogP contribution in [0.5, 0.6) is 5.75 Å². The molecule has 0 aliphatic heterocycles. The molecule has 0 amide bonds. The summed E-state index contributed by atoms with van der Waals surface area (Å²) < 4.78 is 10.2. The van der Waals surface area contributed by atoms with E-state index in [1.165, 1.54) is 6.08 Å². The number of nitrogens with zero attached hydrogens (tertiary/aromatic N) is 1. The maximum atomic E-state index is 11.0. The van der Waals surface area contributed by atoms with Crippen LogP contribution in [-0.4, -0.2) is 24.2 Å².